The molecule has 15 heavy (non-hydrogen) atoms. The monoisotopic (exact) mass is 289 g/mol. The number of aliphatic hydroxyl groups is 1. The first-order valence-electron chi connectivity index (χ1n) is 4.28. The van der Waals surface area contributed by atoms with Crippen LogP contribution in [0, 0.1) is 0 Å². The number of hydrogen-bond donors (Lipinski definition) is 2. The van der Waals surface area contributed by atoms with Crippen LogP contribution in [0.1, 0.15) is 0 Å². The van der Waals surface area contributed by atoms with Crippen LogP contribution in [0.5, 0.6) is 0 Å². The Bertz CT molecular complexity index is 534. The Morgan fingerprint density at radius 2 is 2.40 bits per heavy atom. The van der Waals surface area contributed by atoms with Gasteiger partial charge in [-0.1, -0.05) is 0 Å². The van der Waals surface area contributed by atoms with E-state index in [4.69, 9.17) is 9.52 Å². The van der Waals surface area contributed by atoms with Crippen molar-refractivity contribution in [2.45, 2.75) is 0 Å². The number of nitrogens with one attached hydrogen (secondary N) is 1. The second kappa shape index (κ2) is 4.34. The molecule has 0 aliphatic rings. The highest BCUT2D eigenvalue weighted by Gasteiger charge is 2.09. The van der Waals surface area contributed by atoms with Crippen molar-refractivity contribution >= 4 is 43.4 Å². The highest BCUT2D eigenvalue weighted by Crippen LogP contribution is 2.29. The van der Waals surface area contributed by atoms with Gasteiger partial charge in [0.15, 0.2) is 11.5 Å². The minimum absolute atomic E-state index is 0.00739. The summed E-state index contributed by atoms with van der Waals surface area (Å²) >= 11 is 4.65. The highest BCUT2D eigenvalue weighted by molar-refractivity contribution is 9.10. The summed E-state index contributed by atoms with van der Waals surface area (Å²) in [5.74, 6) is 0.376. The van der Waals surface area contributed by atoms with Gasteiger partial charge in [-0.05, 0) is 15.9 Å². The van der Waals surface area contributed by atoms with E-state index in [2.05, 4.69) is 21.2 Å². The maximum Gasteiger partial charge on any atom is 0.204 e. The van der Waals surface area contributed by atoms with Crippen molar-refractivity contribution in [1.29, 1.82) is 0 Å². The van der Waals surface area contributed by atoms with Crippen molar-refractivity contribution in [1.82, 2.24) is 0 Å². The van der Waals surface area contributed by atoms with Gasteiger partial charge < -0.3 is 14.8 Å². The van der Waals surface area contributed by atoms with Crippen LogP contribution in [-0.2, 0) is 0 Å². The predicted octanol–water partition coefficient (Wildman–Crippen LogP) is 2.02. The molecule has 2 rings (SSSR count). The Morgan fingerprint density at radius 1 is 1.60 bits per heavy atom. The largest absolute Gasteiger partial charge is 0.438 e. The number of hydrogen-bond acceptors (Lipinski definition) is 5. The maximum atomic E-state index is 11.6. The first-order valence-corrected chi connectivity index (χ1v) is 5.95. The molecule has 2 heterocycles. The van der Waals surface area contributed by atoms with E-state index in [9.17, 15) is 4.79 Å². The quantitative estimate of drug-likeness (QED) is 0.908. The molecule has 4 nitrogen and oxygen atoms in total. The third-order valence-electron chi connectivity index (χ3n) is 1.81. The van der Waals surface area contributed by atoms with E-state index < -0.39 is 0 Å². The number of halogens is 1. The van der Waals surface area contributed by atoms with Gasteiger partial charge >= 0.3 is 0 Å². The lowest BCUT2D eigenvalue weighted by Crippen LogP contribution is -2.08. The van der Waals surface area contributed by atoms with Crippen LogP contribution in [0.2, 0.25) is 0 Å². The third kappa shape index (κ3) is 2.06. The van der Waals surface area contributed by atoms with Gasteiger partial charge in [0.1, 0.15) is 4.70 Å². The molecule has 0 aliphatic carbocycles. The van der Waals surface area contributed by atoms with E-state index in [1.54, 1.807) is 0 Å². The Balaban J connectivity index is 2.50. The molecule has 0 aliphatic heterocycles. The molecular formula is C9H8BrNO3S. The molecule has 0 fully saturated rings. The van der Waals surface area contributed by atoms with E-state index in [0.29, 0.717) is 22.7 Å². The average molecular weight is 290 g/mol. The minimum Gasteiger partial charge on any atom is -0.438 e. The maximum absolute atomic E-state index is 11.6. The second-order valence-corrected chi connectivity index (χ2v) is 4.60. The first-order chi connectivity index (χ1) is 7.22. The van der Waals surface area contributed by atoms with Crippen LogP contribution >= 0.6 is 27.3 Å². The summed E-state index contributed by atoms with van der Waals surface area (Å²) in [5.41, 5.74) is 0.473. The molecule has 0 amide bonds. The highest BCUT2D eigenvalue weighted by atomic mass is 79.9. The van der Waals surface area contributed by atoms with Crippen LogP contribution in [0.25, 0.3) is 10.3 Å². The van der Waals surface area contributed by atoms with Gasteiger partial charge in [-0.15, -0.1) is 11.3 Å². The Kier molecular flexibility index (Phi) is 3.08. The minimum atomic E-state index is -0.0765. The normalized spacial score (nSPS) is 10.8. The van der Waals surface area contributed by atoms with E-state index in [0.717, 1.165) is 4.47 Å². The molecule has 0 saturated heterocycles. The zero-order valence-electron chi connectivity index (χ0n) is 7.62. The van der Waals surface area contributed by atoms with Crippen molar-refractivity contribution in [3.63, 3.8) is 0 Å². The van der Waals surface area contributed by atoms with Crippen molar-refractivity contribution in [2.75, 3.05) is 18.5 Å². The SMILES string of the molecule is O=c1cc(NCCO)oc2c(Br)csc12. The van der Waals surface area contributed by atoms with Gasteiger partial charge in [0.25, 0.3) is 0 Å². The van der Waals surface area contributed by atoms with Gasteiger partial charge in [-0.25, -0.2) is 0 Å². The molecule has 0 bridgehead atoms. The summed E-state index contributed by atoms with van der Waals surface area (Å²) in [6, 6.07) is 1.39. The molecule has 2 aromatic heterocycles. The molecule has 80 valence electrons. The van der Waals surface area contributed by atoms with Gasteiger partial charge in [0.2, 0.25) is 5.43 Å². The molecule has 0 radical (unpaired) electrons. The molecule has 0 spiro atoms. The van der Waals surface area contributed by atoms with Crippen LogP contribution in [0.3, 0.4) is 0 Å². The summed E-state index contributed by atoms with van der Waals surface area (Å²) in [4.78, 5) is 11.6. The topological polar surface area (TPSA) is 62.5 Å². The van der Waals surface area contributed by atoms with Crippen molar-refractivity contribution in [2.24, 2.45) is 0 Å². The van der Waals surface area contributed by atoms with E-state index in [1.807, 2.05) is 5.38 Å². The van der Waals surface area contributed by atoms with Crippen LogP contribution in [-0.4, -0.2) is 18.3 Å². The van der Waals surface area contributed by atoms with Crippen molar-refractivity contribution < 1.29 is 9.52 Å². The number of rotatable bonds is 3. The summed E-state index contributed by atoms with van der Waals surface area (Å²) in [7, 11) is 0. The summed E-state index contributed by atoms with van der Waals surface area (Å²) in [6.45, 7) is 0.350. The fourth-order valence-corrected chi connectivity index (χ4v) is 2.63. The summed E-state index contributed by atoms with van der Waals surface area (Å²) in [5, 5.41) is 13.3. The summed E-state index contributed by atoms with van der Waals surface area (Å²) in [6.07, 6.45) is 0. The third-order valence-corrected chi connectivity index (χ3v) is 3.68. The molecule has 0 aromatic carbocycles. The van der Waals surface area contributed by atoms with Gasteiger partial charge in [0.05, 0.1) is 11.1 Å². The average Bonchev–Trinajstić information content (AvgIpc) is 2.58. The molecule has 2 aromatic rings. The van der Waals surface area contributed by atoms with E-state index in [1.165, 1.54) is 17.4 Å². The Hall–Kier alpha value is -0.850. The van der Waals surface area contributed by atoms with Crippen LogP contribution in [0.4, 0.5) is 5.88 Å². The molecule has 0 saturated carbocycles. The molecule has 6 heteroatoms. The molecule has 0 atom stereocenters. The molecule has 0 unspecified atom stereocenters. The van der Waals surface area contributed by atoms with E-state index in [-0.39, 0.29) is 12.0 Å². The smallest absolute Gasteiger partial charge is 0.204 e. The number of aliphatic hydroxyl groups excluding tert-OH is 1. The van der Waals surface area contributed by atoms with Crippen LogP contribution in [0.15, 0.2) is 25.1 Å². The van der Waals surface area contributed by atoms with E-state index >= 15 is 0 Å². The van der Waals surface area contributed by atoms with Gasteiger partial charge in [-0.3, -0.25) is 4.79 Å². The fraction of sp³-hybridized carbons (Fsp3) is 0.222. The molecular weight excluding hydrogens is 282 g/mol. The van der Waals surface area contributed by atoms with Crippen molar-refractivity contribution in [3.8, 4) is 0 Å². The number of thiophene rings is 1. The van der Waals surface area contributed by atoms with Gasteiger partial charge in [0, 0.05) is 18.0 Å². The lowest BCUT2D eigenvalue weighted by molar-refractivity contribution is 0.310. The van der Waals surface area contributed by atoms with Crippen molar-refractivity contribution in [3.05, 3.63) is 26.1 Å². The Morgan fingerprint density at radius 3 is 3.13 bits per heavy atom. The van der Waals surface area contributed by atoms with Crippen LogP contribution < -0.4 is 10.7 Å². The predicted molar refractivity (Wildman–Crippen MR) is 63.6 cm³/mol. The Labute approximate surface area is 97.7 Å². The number of fused-ring (bicyclic) bond motifs is 1. The van der Waals surface area contributed by atoms with Gasteiger partial charge in [-0.2, -0.15) is 0 Å². The second-order valence-electron chi connectivity index (χ2n) is 2.87. The lowest BCUT2D eigenvalue weighted by atomic mass is 10.4. The lowest BCUT2D eigenvalue weighted by Gasteiger charge is -2.02. The summed E-state index contributed by atoms with van der Waals surface area (Å²) < 4.78 is 6.82. The fourth-order valence-electron chi connectivity index (χ4n) is 1.18. The standard InChI is InChI=1S/C9H8BrNO3S/c10-5-4-15-9-6(13)3-7(11-1-2-12)14-8(5)9/h3-4,11-12H,1-2H2. The zero-order valence-corrected chi connectivity index (χ0v) is 10.0. The molecule has 2 N–H and O–H groups in total. The first kappa shape index (κ1) is 10.7. The zero-order chi connectivity index (χ0) is 10.8. The number of anilines is 1.